The lowest BCUT2D eigenvalue weighted by Gasteiger charge is -2.24. The summed E-state index contributed by atoms with van der Waals surface area (Å²) in [5.41, 5.74) is 1.15. The van der Waals surface area contributed by atoms with Crippen molar-refractivity contribution in [1.29, 1.82) is 0 Å². The highest BCUT2D eigenvalue weighted by Gasteiger charge is 2.25. The lowest BCUT2D eigenvalue weighted by molar-refractivity contribution is -0.107. The van der Waals surface area contributed by atoms with Gasteiger partial charge in [-0.3, -0.25) is 0 Å². The second-order valence-electron chi connectivity index (χ2n) is 8.47. The first-order chi connectivity index (χ1) is 18.5. The molecular weight excluding hydrogens is 541 g/mol. The van der Waals surface area contributed by atoms with Crippen LogP contribution in [0.25, 0.3) is 0 Å². The van der Waals surface area contributed by atoms with E-state index < -0.39 is 21.4 Å². The Kier molecular flexibility index (Phi) is 14.6. The van der Waals surface area contributed by atoms with Crippen LogP contribution in [0, 0.1) is 5.82 Å². The van der Waals surface area contributed by atoms with E-state index in [0.717, 1.165) is 11.6 Å². The first-order valence-corrected chi connectivity index (χ1v) is 14.6. The molecule has 39 heavy (non-hydrogen) atoms. The lowest BCUT2D eigenvalue weighted by Crippen LogP contribution is -2.23. The molecule has 2 rings (SSSR count). The molecule has 0 heterocycles. The number of rotatable bonds is 12. The van der Waals surface area contributed by atoms with Crippen LogP contribution in [0.15, 0.2) is 63.2 Å². The molecule has 8 nitrogen and oxygen atoms in total. The minimum absolute atomic E-state index is 0.0174. The maximum absolute atomic E-state index is 15.4. The van der Waals surface area contributed by atoms with Gasteiger partial charge in [0.05, 0.1) is 21.9 Å². The third-order valence-electron chi connectivity index (χ3n) is 5.59. The summed E-state index contributed by atoms with van der Waals surface area (Å²) in [7, 11) is 1.50. The van der Waals surface area contributed by atoms with Gasteiger partial charge in [-0.15, -0.1) is 0 Å². The minimum atomic E-state index is -3.96. The number of nitrogens with zero attached hydrogens (tertiary/aromatic N) is 4. The van der Waals surface area contributed by atoms with E-state index >= 15 is 4.39 Å². The van der Waals surface area contributed by atoms with Crippen LogP contribution in [-0.2, 0) is 21.2 Å². The highest BCUT2D eigenvalue weighted by molar-refractivity contribution is 7.91. The molecule has 0 spiro atoms. The van der Waals surface area contributed by atoms with Crippen molar-refractivity contribution in [2.45, 2.75) is 38.6 Å². The number of nitrogens with one attached hydrogen (secondary N) is 1. The summed E-state index contributed by atoms with van der Waals surface area (Å²) in [5.74, 6) is -0.599. The first kappa shape index (κ1) is 33.9. The molecule has 0 aliphatic carbocycles. The van der Waals surface area contributed by atoms with Crippen molar-refractivity contribution in [3.63, 3.8) is 0 Å². The van der Waals surface area contributed by atoms with Crippen LogP contribution in [0.1, 0.15) is 38.3 Å². The molecule has 0 bridgehead atoms. The molecular formula is C28H39ClFN5O3S. The summed E-state index contributed by atoms with van der Waals surface area (Å²) >= 11 is 5.98. The largest absolute Gasteiger partial charge is 0.369 e. The third kappa shape index (κ3) is 9.87. The molecule has 0 unspecified atom stereocenters. The van der Waals surface area contributed by atoms with Crippen LogP contribution in [0.5, 0.6) is 0 Å². The molecule has 214 valence electrons. The number of halogens is 2. The quantitative estimate of drug-likeness (QED) is 0.217. The van der Waals surface area contributed by atoms with Gasteiger partial charge in [0.1, 0.15) is 17.9 Å². The van der Waals surface area contributed by atoms with Gasteiger partial charge in [0, 0.05) is 38.1 Å². The summed E-state index contributed by atoms with van der Waals surface area (Å²) in [6.07, 6.45) is 2.13. The second kappa shape index (κ2) is 16.8. The molecule has 11 heteroatoms. The van der Waals surface area contributed by atoms with E-state index in [1.807, 2.05) is 51.9 Å². The third-order valence-corrected chi connectivity index (χ3v) is 7.61. The van der Waals surface area contributed by atoms with Gasteiger partial charge in [0.25, 0.3) is 0 Å². The number of benzene rings is 2. The van der Waals surface area contributed by atoms with Gasteiger partial charge in [-0.05, 0) is 77.5 Å². The topological polar surface area (TPSA) is 94.4 Å². The van der Waals surface area contributed by atoms with Crippen LogP contribution in [0.3, 0.4) is 0 Å². The SMILES string of the molecule is C=N/C(=N\C(=C/C)N(CC)CC)c1cc(N(C)Cc2ccc(Cl)cc2)c(S(=O)(=O)CCC=O)cc1F.CNC. The number of hydrogen-bond donors (Lipinski definition) is 1. The Hall–Kier alpha value is -3.08. The predicted molar refractivity (Wildman–Crippen MR) is 160 cm³/mol. The molecule has 0 saturated heterocycles. The van der Waals surface area contributed by atoms with Crippen LogP contribution in [0.4, 0.5) is 10.1 Å². The number of carbonyl (C=O) groups is 1. The Labute approximate surface area is 237 Å². The average molecular weight is 580 g/mol. The Morgan fingerprint density at radius 3 is 2.23 bits per heavy atom. The van der Waals surface area contributed by atoms with E-state index in [1.54, 1.807) is 30.2 Å². The normalized spacial score (nSPS) is 11.9. The summed E-state index contributed by atoms with van der Waals surface area (Å²) in [6, 6.07) is 9.51. The van der Waals surface area contributed by atoms with Crippen molar-refractivity contribution in [2.75, 3.05) is 44.9 Å². The summed E-state index contributed by atoms with van der Waals surface area (Å²) in [4.78, 5) is 22.8. The van der Waals surface area contributed by atoms with Crippen molar-refractivity contribution in [2.24, 2.45) is 9.98 Å². The van der Waals surface area contributed by atoms with Crippen LogP contribution < -0.4 is 10.2 Å². The molecule has 0 amide bonds. The molecule has 2 aromatic rings. The van der Waals surface area contributed by atoms with E-state index in [2.05, 4.69) is 22.0 Å². The molecule has 0 saturated carbocycles. The van der Waals surface area contributed by atoms with E-state index in [4.69, 9.17) is 11.6 Å². The van der Waals surface area contributed by atoms with Gasteiger partial charge in [0.15, 0.2) is 15.7 Å². The van der Waals surface area contributed by atoms with Crippen molar-refractivity contribution in [3.05, 3.63) is 70.3 Å². The minimum Gasteiger partial charge on any atom is -0.369 e. The number of hydrogen-bond acceptors (Lipinski definition) is 7. The monoisotopic (exact) mass is 579 g/mol. The smallest absolute Gasteiger partial charge is 0.180 e. The number of carbonyl (C=O) groups excluding carboxylic acids is 1. The zero-order chi connectivity index (χ0) is 29.6. The number of allylic oxidation sites excluding steroid dienone is 1. The molecule has 0 aliphatic rings. The molecule has 2 aromatic carbocycles. The Balaban J connectivity index is 0.00000242. The maximum Gasteiger partial charge on any atom is 0.180 e. The highest BCUT2D eigenvalue weighted by Crippen LogP contribution is 2.31. The predicted octanol–water partition coefficient (Wildman–Crippen LogP) is 4.96. The highest BCUT2D eigenvalue weighted by atomic mass is 35.5. The summed E-state index contributed by atoms with van der Waals surface area (Å²) in [6.45, 7) is 11.0. The molecule has 0 radical (unpaired) electrons. The van der Waals surface area contributed by atoms with Gasteiger partial charge in [-0.1, -0.05) is 23.7 Å². The number of amidine groups is 1. The number of aldehydes is 1. The van der Waals surface area contributed by atoms with Gasteiger partial charge >= 0.3 is 0 Å². The zero-order valence-electron chi connectivity index (χ0n) is 23.5. The number of sulfone groups is 1. The van der Waals surface area contributed by atoms with Gasteiger partial charge in [-0.2, -0.15) is 0 Å². The van der Waals surface area contributed by atoms with Gasteiger partial charge in [0.2, 0.25) is 0 Å². The number of aliphatic imine (C=N–C) groups is 2. The van der Waals surface area contributed by atoms with E-state index in [0.29, 0.717) is 36.8 Å². The molecule has 0 atom stereocenters. The summed E-state index contributed by atoms with van der Waals surface area (Å²) < 4.78 is 41.5. The average Bonchev–Trinajstić information content (AvgIpc) is 2.91. The Morgan fingerprint density at radius 1 is 1.15 bits per heavy atom. The Bertz CT molecular complexity index is 1260. The van der Waals surface area contributed by atoms with E-state index in [1.165, 1.54) is 6.07 Å². The fourth-order valence-corrected chi connectivity index (χ4v) is 5.25. The van der Waals surface area contributed by atoms with E-state index in [-0.39, 0.29) is 28.4 Å². The standard InChI is InChI=1S/C26H32ClFN4O3S.C2H7N/c1-6-25(32(7-2)8-3)30-26(29-4)21-16-23(31(5)18-19-10-12-20(27)13-11-19)24(17-22(21)28)36(34,35)15-9-14-33;1-3-2/h6,10-14,16-17H,4,7-9,15,18H2,1-3,5H3;3H,1-2H3/b25-6+,30-26-;. The van der Waals surface area contributed by atoms with Crippen LogP contribution in [-0.4, -0.2) is 72.1 Å². The second-order valence-corrected chi connectivity index (χ2v) is 11.0. The molecule has 0 aliphatic heterocycles. The van der Waals surface area contributed by atoms with Crippen LogP contribution in [0.2, 0.25) is 5.02 Å². The van der Waals surface area contributed by atoms with Crippen LogP contribution >= 0.6 is 11.6 Å². The lowest BCUT2D eigenvalue weighted by atomic mass is 10.1. The van der Waals surface area contributed by atoms with Crippen molar-refractivity contribution < 1.29 is 17.6 Å². The number of anilines is 1. The van der Waals surface area contributed by atoms with E-state index in [9.17, 15) is 13.2 Å². The Morgan fingerprint density at radius 2 is 1.74 bits per heavy atom. The van der Waals surface area contributed by atoms with Gasteiger partial charge < -0.3 is 19.9 Å². The molecule has 1 N–H and O–H groups in total. The fourth-order valence-electron chi connectivity index (χ4n) is 3.68. The first-order valence-electron chi connectivity index (χ1n) is 12.5. The summed E-state index contributed by atoms with van der Waals surface area (Å²) in [5, 5.41) is 3.33. The fraction of sp³-hybridized carbons (Fsp3) is 0.393. The van der Waals surface area contributed by atoms with Crippen molar-refractivity contribution in [3.8, 4) is 0 Å². The molecule has 0 aromatic heterocycles. The molecule has 0 fully saturated rings. The van der Waals surface area contributed by atoms with Crippen molar-refractivity contribution in [1.82, 2.24) is 10.2 Å². The maximum atomic E-state index is 15.4. The van der Waals surface area contributed by atoms with Gasteiger partial charge in [-0.25, -0.2) is 22.8 Å². The van der Waals surface area contributed by atoms with Crippen molar-refractivity contribution >= 4 is 46.0 Å². The zero-order valence-corrected chi connectivity index (χ0v) is 25.1.